The van der Waals surface area contributed by atoms with Gasteiger partial charge < -0.3 is 19.4 Å². The Kier molecular flexibility index (Phi) is 5.20. The van der Waals surface area contributed by atoms with Crippen molar-refractivity contribution in [3.05, 3.63) is 58.9 Å². The van der Waals surface area contributed by atoms with E-state index in [0.717, 1.165) is 61.3 Å². The molecule has 35 heavy (non-hydrogen) atoms. The summed E-state index contributed by atoms with van der Waals surface area (Å²) in [6.07, 6.45) is 3.74. The molecule has 0 saturated carbocycles. The molecule has 0 bridgehead atoms. The largest absolute Gasteiger partial charge is 0.497 e. The third-order valence-corrected chi connectivity index (χ3v) is 7.42. The lowest BCUT2D eigenvalue weighted by Crippen LogP contribution is -2.26. The van der Waals surface area contributed by atoms with Crippen LogP contribution in [0.1, 0.15) is 49.2 Å². The molecule has 0 aliphatic carbocycles. The lowest BCUT2D eigenvalue weighted by Gasteiger charge is -2.28. The zero-order valence-electron chi connectivity index (χ0n) is 20.9. The second kappa shape index (κ2) is 8.29. The zero-order valence-corrected chi connectivity index (χ0v) is 20.9. The van der Waals surface area contributed by atoms with Crippen LogP contribution < -0.4 is 9.47 Å². The normalized spacial score (nSPS) is 15.5. The van der Waals surface area contributed by atoms with Gasteiger partial charge in [-0.2, -0.15) is 0 Å². The minimum Gasteiger partial charge on any atom is -0.497 e. The Morgan fingerprint density at radius 3 is 1.63 bits per heavy atom. The quantitative estimate of drug-likeness (QED) is 0.372. The average Bonchev–Trinajstić information content (AvgIpc) is 3.42. The first-order valence-corrected chi connectivity index (χ1v) is 12.4. The van der Waals surface area contributed by atoms with Gasteiger partial charge in [-0.1, -0.05) is 13.8 Å². The van der Waals surface area contributed by atoms with Crippen molar-refractivity contribution in [2.75, 3.05) is 27.3 Å². The topological polar surface area (TPSA) is 74.8 Å². The van der Waals surface area contributed by atoms with Crippen molar-refractivity contribution in [2.45, 2.75) is 39.5 Å². The van der Waals surface area contributed by atoms with Crippen molar-refractivity contribution >= 4 is 33.2 Å². The number of nitrogens with one attached hydrogen (secondary N) is 2. The van der Waals surface area contributed by atoms with E-state index in [2.05, 4.69) is 48.1 Å². The van der Waals surface area contributed by atoms with E-state index in [-0.39, 0.29) is 5.41 Å². The highest BCUT2D eigenvalue weighted by Crippen LogP contribution is 2.37. The van der Waals surface area contributed by atoms with Gasteiger partial charge in [-0.15, -0.1) is 0 Å². The van der Waals surface area contributed by atoms with E-state index >= 15 is 0 Å². The zero-order chi connectivity index (χ0) is 24.2. The highest BCUT2D eigenvalue weighted by Gasteiger charge is 2.30. The highest BCUT2D eigenvalue weighted by atomic mass is 16.5. The third kappa shape index (κ3) is 3.81. The summed E-state index contributed by atoms with van der Waals surface area (Å²) < 4.78 is 10.9. The van der Waals surface area contributed by atoms with Crippen LogP contribution >= 0.6 is 0 Å². The molecule has 0 unspecified atom stereocenters. The number of fused-ring (bicyclic) bond motifs is 6. The van der Waals surface area contributed by atoms with Gasteiger partial charge >= 0.3 is 0 Å². The molecule has 6 rings (SSSR count). The summed E-state index contributed by atoms with van der Waals surface area (Å²) in [6.45, 7) is 6.34. The molecular formula is C29H32N4O2. The third-order valence-electron chi connectivity index (χ3n) is 7.42. The summed E-state index contributed by atoms with van der Waals surface area (Å²) in [7, 11) is 3.42. The summed E-state index contributed by atoms with van der Waals surface area (Å²) >= 11 is 0. The van der Waals surface area contributed by atoms with Gasteiger partial charge in [-0.3, -0.25) is 9.98 Å². The van der Waals surface area contributed by atoms with E-state index in [1.807, 2.05) is 12.1 Å². The number of nitrogens with zero attached hydrogens (tertiary/aromatic N) is 2. The number of rotatable bonds is 6. The molecule has 0 saturated heterocycles. The molecule has 4 heterocycles. The maximum absolute atomic E-state index is 5.44. The van der Waals surface area contributed by atoms with Gasteiger partial charge in [0.05, 0.1) is 37.0 Å². The van der Waals surface area contributed by atoms with Crippen LogP contribution in [0.2, 0.25) is 0 Å². The van der Waals surface area contributed by atoms with E-state index in [0.29, 0.717) is 0 Å². The number of aromatic amines is 2. The van der Waals surface area contributed by atoms with Gasteiger partial charge in [-0.25, -0.2) is 0 Å². The predicted octanol–water partition coefficient (Wildman–Crippen LogP) is 5.86. The summed E-state index contributed by atoms with van der Waals surface area (Å²) in [6, 6.07) is 12.6. The van der Waals surface area contributed by atoms with E-state index < -0.39 is 0 Å². The molecule has 2 aromatic carbocycles. The predicted molar refractivity (Wildman–Crippen MR) is 143 cm³/mol. The van der Waals surface area contributed by atoms with Crippen molar-refractivity contribution in [3.63, 3.8) is 0 Å². The Bertz CT molecular complexity index is 1390. The van der Waals surface area contributed by atoms with Crippen LogP contribution in [0.3, 0.4) is 0 Å². The van der Waals surface area contributed by atoms with Crippen LogP contribution in [0.15, 0.2) is 46.4 Å². The monoisotopic (exact) mass is 468 g/mol. The van der Waals surface area contributed by atoms with Crippen molar-refractivity contribution in [1.29, 1.82) is 0 Å². The molecular weight excluding hydrogens is 436 g/mol. The number of ether oxygens (including phenoxy) is 2. The van der Waals surface area contributed by atoms with Crippen LogP contribution in [0.4, 0.5) is 0 Å². The van der Waals surface area contributed by atoms with Crippen molar-refractivity contribution in [2.24, 2.45) is 15.4 Å². The molecule has 4 aromatic rings. The summed E-state index contributed by atoms with van der Waals surface area (Å²) in [5.41, 5.74) is 9.73. The van der Waals surface area contributed by atoms with Crippen molar-refractivity contribution in [3.8, 4) is 11.5 Å². The second-order valence-corrected chi connectivity index (χ2v) is 10.5. The lowest BCUT2D eigenvalue weighted by atomic mass is 9.79. The van der Waals surface area contributed by atoms with Gasteiger partial charge in [0.1, 0.15) is 11.5 Å². The fourth-order valence-corrected chi connectivity index (χ4v) is 5.76. The molecule has 0 spiro atoms. The summed E-state index contributed by atoms with van der Waals surface area (Å²) in [5, 5.41) is 2.56. The molecule has 2 aliphatic rings. The number of hydrogen-bond donors (Lipinski definition) is 2. The second-order valence-electron chi connectivity index (χ2n) is 10.5. The molecule has 2 aliphatic heterocycles. The Hall–Kier alpha value is -3.54. The molecule has 2 N–H and O–H groups in total. The van der Waals surface area contributed by atoms with Gasteiger partial charge in [0.2, 0.25) is 0 Å². The summed E-state index contributed by atoms with van der Waals surface area (Å²) in [4.78, 5) is 17.3. The minimum atomic E-state index is 0.00482. The molecule has 6 heteroatoms. The average molecular weight is 469 g/mol. The number of methoxy groups -OCH3 is 2. The van der Waals surface area contributed by atoms with Crippen LogP contribution in [-0.2, 0) is 12.8 Å². The number of benzene rings is 2. The molecule has 2 aromatic heterocycles. The first kappa shape index (κ1) is 22.0. The number of H-pyrrole nitrogens is 2. The fraction of sp³-hybridized carbons (Fsp3) is 0.379. The summed E-state index contributed by atoms with van der Waals surface area (Å²) in [5.74, 6) is 1.74. The van der Waals surface area contributed by atoms with Crippen molar-refractivity contribution in [1.82, 2.24) is 9.97 Å². The van der Waals surface area contributed by atoms with E-state index in [9.17, 15) is 0 Å². The maximum atomic E-state index is 5.44. The molecule has 0 atom stereocenters. The number of aromatic nitrogens is 2. The molecule has 6 nitrogen and oxygen atoms in total. The molecule has 0 amide bonds. The van der Waals surface area contributed by atoms with E-state index in [1.54, 1.807) is 14.2 Å². The van der Waals surface area contributed by atoms with E-state index in [4.69, 9.17) is 19.5 Å². The number of hydrogen-bond acceptors (Lipinski definition) is 4. The van der Waals surface area contributed by atoms with Gasteiger partial charge in [0.25, 0.3) is 0 Å². The van der Waals surface area contributed by atoms with E-state index in [1.165, 1.54) is 44.7 Å². The van der Waals surface area contributed by atoms with Crippen LogP contribution in [0, 0.1) is 5.41 Å². The Labute approximate surface area is 205 Å². The fourth-order valence-electron chi connectivity index (χ4n) is 5.76. The van der Waals surface area contributed by atoms with Gasteiger partial charge in [-0.05, 0) is 66.5 Å². The molecule has 0 fully saturated rings. The Balaban J connectivity index is 1.28. The Morgan fingerprint density at radius 2 is 1.20 bits per heavy atom. The van der Waals surface area contributed by atoms with Gasteiger partial charge in [0.15, 0.2) is 0 Å². The van der Waals surface area contributed by atoms with Crippen LogP contribution in [0.25, 0.3) is 21.8 Å². The smallest absolute Gasteiger partial charge is 0.120 e. The van der Waals surface area contributed by atoms with Crippen LogP contribution in [-0.4, -0.2) is 48.7 Å². The molecule has 0 radical (unpaired) electrons. The first-order valence-electron chi connectivity index (χ1n) is 12.4. The van der Waals surface area contributed by atoms with Gasteiger partial charge in [0, 0.05) is 47.0 Å². The first-order chi connectivity index (χ1) is 17.0. The molecule has 180 valence electrons. The lowest BCUT2D eigenvalue weighted by molar-refractivity contribution is 0.399. The van der Waals surface area contributed by atoms with Crippen molar-refractivity contribution < 1.29 is 9.47 Å². The highest BCUT2D eigenvalue weighted by molar-refractivity contribution is 6.09. The number of aliphatic imine (C=N–C) groups is 2. The Morgan fingerprint density at radius 1 is 0.743 bits per heavy atom. The standard InChI is InChI=1S/C29H32N4O2/c1-29(2,15-25-27-21(9-11-30-25)19-7-5-17(34-3)13-23(19)32-27)16-26-28-22(10-12-31-26)20-8-6-18(35-4)14-24(20)33-28/h5-8,13-14,32-33H,9-12,15-16H2,1-4H3. The SMILES string of the molecule is COc1ccc2c3c([nH]c2c1)C(CC(C)(C)CC1=NCCc2c1[nH]c1cc(OC)ccc21)=NCC3. The van der Waals surface area contributed by atoms with Crippen LogP contribution in [0.5, 0.6) is 11.5 Å². The minimum absolute atomic E-state index is 0.00482. The maximum Gasteiger partial charge on any atom is 0.120 e.